The highest BCUT2D eigenvalue weighted by molar-refractivity contribution is 5.96. The Labute approximate surface area is 99.3 Å². The molecule has 4 N–H and O–H groups in total. The molecule has 1 aliphatic rings. The van der Waals surface area contributed by atoms with E-state index in [-0.39, 0.29) is 6.04 Å². The van der Waals surface area contributed by atoms with Gasteiger partial charge in [-0.05, 0) is 31.0 Å². The zero-order valence-electron chi connectivity index (χ0n) is 9.81. The quantitative estimate of drug-likeness (QED) is 0.773. The Bertz CT molecular complexity index is 563. The molecule has 0 radical (unpaired) electrons. The van der Waals surface area contributed by atoms with Crippen LogP contribution in [-0.4, -0.2) is 24.3 Å². The Balaban J connectivity index is 2.15. The second kappa shape index (κ2) is 3.63. The van der Waals surface area contributed by atoms with Crippen molar-refractivity contribution in [1.29, 1.82) is 0 Å². The molecule has 0 aliphatic carbocycles. The highest BCUT2D eigenvalue weighted by atomic mass is 16.5. The van der Waals surface area contributed by atoms with E-state index in [2.05, 4.69) is 16.1 Å². The van der Waals surface area contributed by atoms with Crippen molar-refractivity contribution in [2.24, 2.45) is 5.73 Å². The lowest BCUT2D eigenvalue weighted by Crippen LogP contribution is -2.26. The SMILES string of the molecule is Cc1cc(N2CC[C@H](N)C2)c2onc(N)c2c1. The topological polar surface area (TPSA) is 81.3 Å². The van der Waals surface area contributed by atoms with Crippen LogP contribution in [0.25, 0.3) is 11.0 Å². The molecule has 5 nitrogen and oxygen atoms in total. The lowest BCUT2D eigenvalue weighted by atomic mass is 10.1. The molecule has 1 fully saturated rings. The van der Waals surface area contributed by atoms with E-state index in [9.17, 15) is 0 Å². The number of nitrogen functional groups attached to an aromatic ring is 1. The van der Waals surface area contributed by atoms with Gasteiger partial charge >= 0.3 is 0 Å². The number of aromatic nitrogens is 1. The largest absolute Gasteiger partial charge is 0.380 e. The predicted octanol–water partition coefficient (Wildman–Crippen LogP) is 1.26. The number of rotatable bonds is 1. The second-order valence-corrected chi connectivity index (χ2v) is 4.72. The van der Waals surface area contributed by atoms with Crippen LogP contribution in [0.1, 0.15) is 12.0 Å². The van der Waals surface area contributed by atoms with E-state index in [1.165, 1.54) is 0 Å². The Morgan fingerprint density at radius 1 is 1.47 bits per heavy atom. The summed E-state index contributed by atoms with van der Waals surface area (Å²) in [6, 6.07) is 4.34. The molecular formula is C12H16N4O. The van der Waals surface area contributed by atoms with E-state index in [0.29, 0.717) is 5.82 Å². The third kappa shape index (κ3) is 1.63. The molecule has 0 amide bonds. The van der Waals surface area contributed by atoms with Gasteiger partial charge in [0.2, 0.25) is 0 Å². The van der Waals surface area contributed by atoms with Crippen molar-refractivity contribution in [1.82, 2.24) is 5.16 Å². The second-order valence-electron chi connectivity index (χ2n) is 4.72. The average Bonchev–Trinajstić information content (AvgIpc) is 2.86. The van der Waals surface area contributed by atoms with Gasteiger partial charge in [-0.15, -0.1) is 0 Å². The number of hydrogen-bond donors (Lipinski definition) is 2. The number of hydrogen-bond acceptors (Lipinski definition) is 5. The molecule has 2 aromatic rings. The highest BCUT2D eigenvalue weighted by Gasteiger charge is 2.23. The summed E-state index contributed by atoms with van der Waals surface area (Å²) in [5.41, 5.74) is 14.7. The maximum absolute atomic E-state index is 5.94. The Kier molecular flexibility index (Phi) is 2.22. The number of fused-ring (bicyclic) bond motifs is 1. The molecule has 1 aromatic carbocycles. The predicted molar refractivity (Wildman–Crippen MR) is 68.0 cm³/mol. The summed E-state index contributed by atoms with van der Waals surface area (Å²) in [6.45, 7) is 3.87. The van der Waals surface area contributed by atoms with Crippen molar-refractivity contribution in [3.05, 3.63) is 17.7 Å². The lowest BCUT2D eigenvalue weighted by molar-refractivity contribution is 0.460. The Hall–Kier alpha value is -1.75. The van der Waals surface area contributed by atoms with Crippen molar-refractivity contribution in [3.63, 3.8) is 0 Å². The van der Waals surface area contributed by atoms with Crippen LogP contribution in [0, 0.1) is 6.92 Å². The first-order valence-electron chi connectivity index (χ1n) is 5.81. The molecular weight excluding hydrogens is 216 g/mol. The van der Waals surface area contributed by atoms with E-state index < -0.39 is 0 Å². The molecule has 1 aliphatic heterocycles. The standard InChI is InChI=1S/C12H16N4O/c1-7-4-9-11(17-15-12(9)14)10(5-7)16-3-2-8(13)6-16/h4-5,8H,2-3,6,13H2,1H3,(H2,14,15)/t8-/m0/s1. The maximum Gasteiger partial charge on any atom is 0.192 e. The first-order chi connectivity index (χ1) is 8.15. The van der Waals surface area contributed by atoms with Gasteiger partial charge in [-0.2, -0.15) is 0 Å². The minimum atomic E-state index is 0.242. The number of anilines is 2. The van der Waals surface area contributed by atoms with Gasteiger partial charge in [0.1, 0.15) is 0 Å². The minimum absolute atomic E-state index is 0.242. The van der Waals surface area contributed by atoms with E-state index in [0.717, 1.165) is 41.7 Å². The molecule has 3 rings (SSSR count). The monoisotopic (exact) mass is 232 g/mol. The average molecular weight is 232 g/mol. The van der Waals surface area contributed by atoms with Crippen LogP contribution in [0.3, 0.4) is 0 Å². The van der Waals surface area contributed by atoms with Gasteiger partial charge in [0.05, 0.1) is 11.1 Å². The van der Waals surface area contributed by atoms with Crippen LogP contribution < -0.4 is 16.4 Å². The zero-order valence-corrected chi connectivity index (χ0v) is 9.81. The Morgan fingerprint density at radius 2 is 2.29 bits per heavy atom. The van der Waals surface area contributed by atoms with Crippen molar-refractivity contribution >= 4 is 22.5 Å². The van der Waals surface area contributed by atoms with E-state index in [1.54, 1.807) is 0 Å². The third-order valence-electron chi connectivity index (χ3n) is 3.29. The molecule has 17 heavy (non-hydrogen) atoms. The van der Waals surface area contributed by atoms with Gasteiger partial charge in [0.15, 0.2) is 11.4 Å². The number of nitrogens with zero attached hydrogens (tertiary/aromatic N) is 2. The summed E-state index contributed by atoms with van der Waals surface area (Å²) in [6.07, 6.45) is 1.01. The molecule has 90 valence electrons. The summed E-state index contributed by atoms with van der Waals surface area (Å²) in [5, 5.41) is 4.72. The zero-order chi connectivity index (χ0) is 12.0. The van der Waals surface area contributed by atoms with E-state index in [4.69, 9.17) is 16.0 Å². The highest BCUT2D eigenvalue weighted by Crippen LogP contribution is 2.33. The molecule has 0 unspecified atom stereocenters. The molecule has 1 atom stereocenters. The van der Waals surface area contributed by atoms with Crippen LogP contribution >= 0.6 is 0 Å². The summed E-state index contributed by atoms with van der Waals surface area (Å²) in [4.78, 5) is 2.24. The van der Waals surface area contributed by atoms with Gasteiger partial charge < -0.3 is 20.9 Å². The normalized spacial score (nSPS) is 20.4. The summed E-state index contributed by atoms with van der Waals surface area (Å²) < 4.78 is 5.32. The number of benzene rings is 1. The van der Waals surface area contributed by atoms with Crippen LogP contribution in [0.4, 0.5) is 11.5 Å². The molecule has 5 heteroatoms. The fourth-order valence-electron chi connectivity index (χ4n) is 2.43. The third-order valence-corrected chi connectivity index (χ3v) is 3.29. The summed E-state index contributed by atoms with van der Waals surface area (Å²) in [5.74, 6) is 0.452. The van der Waals surface area contributed by atoms with Gasteiger partial charge in [-0.25, -0.2) is 0 Å². The van der Waals surface area contributed by atoms with Gasteiger partial charge in [-0.1, -0.05) is 5.16 Å². The van der Waals surface area contributed by atoms with Crippen LogP contribution in [0.15, 0.2) is 16.7 Å². The van der Waals surface area contributed by atoms with Gasteiger partial charge in [0, 0.05) is 19.1 Å². The van der Waals surface area contributed by atoms with E-state index in [1.807, 2.05) is 13.0 Å². The molecule has 0 spiro atoms. The minimum Gasteiger partial charge on any atom is -0.380 e. The fraction of sp³-hybridized carbons (Fsp3) is 0.417. The molecule has 2 heterocycles. The van der Waals surface area contributed by atoms with Crippen LogP contribution in [0.2, 0.25) is 0 Å². The molecule has 0 bridgehead atoms. The smallest absolute Gasteiger partial charge is 0.192 e. The molecule has 1 saturated heterocycles. The van der Waals surface area contributed by atoms with Gasteiger partial charge in [-0.3, -0.25) is 0 Å². The Morgan fingerprint density at radius 3 is 3.00 bits per heavy atom. The van der Waals surface area contributed by atoms with Gasteiger partial charge in [0.25, 0.3) is 0 Å². The summed E-state index contributed by atoms with van der Waals surface area (Å²) >= 11 is 0. The van der Waals surface area contributed by atoms with E-state index >= 15 is 0 Å². The van der Waals surface area contributed by atoms with Crippen molar-refractivity contribution in [2.45, 2.75) is 19.4 Å². The van der Waals surface area contributed by atoms with Crippen molar-refractivity contribution < 1.29 is 4.52 Å². The molecule has 0 saturated carbocycles. The summed E-state index contributed by atoms with van der Waals surface area (Å²) in [7, 11) is 0. The first kappa shape index (κ1) is 10.4. The van der Waals surface area contributed by atoms with Crippen LogP contribution in [-0.2, 0) is 0 Å². The number of nitrogens with two attached hydrogens (primary N) is 2. The first-order valence-corrected chi connectivity index (χ1v) is 5.81. The lowest BCUT2D eigenvalue weighted by Gasteiger charge is -2.18. The maximum atomic E-state index is 5.94. The number of aryl methyl sites for hydroxylation is 1. The van der Waals surface area contributed by atoms with Crippen molar-refractivity contribution in [2.75, 3.05) is 23.7 Å². The van der Waals surface area contributed by atoms with Crippen LogP contribution in [0.5, 0.6) is 0 Å². The molecule has 1 aromatic heterocycles. The van der Waals surface area contributed by atoms with Crippen molar-refractivity contribution in [3.8, 4) is 0 Å². The fourth-order valence-corrected chi connectivity index (χ4v) is 2.43.